The highest BCUT2D eigenvalue weighted by molar-refractivity contribution is 7.99. The van der Waals surface area contributed by atoms with Crippen molar-refractivity contribution in [2.45, 2.75) is 35.8 Å². The zero-order chi connectivity index (χ0) is 13.7. The third kappa shape index (κ3) is 3.76. The molecule has 0 saturated carbocycles. The van der Waals surface area contributed by atoms with Crippen molar-refractivity contribution in [3.05, 3.63) is 30.3 Å². The monoisotopic (exact) mass is 293 g/mol. The smallest absolute Gasteiger partial charge is 0.0951 e. The van der Waals surface area contributed by atoms with E-state index in [1.54, 1.807) is 0 Å². The molecule has 2 unspecified atom stereocenters. The van der Waals surface area contributed by atoms with Crippen LogP contribution < -0.4 is 5.32 Å². The first-order chi connectivity index (χ1) is 9.86. The van der Waals surface area contributed by atoms with Crippen LogP contribution >= 0.6 is 11.8 Å². The molecule has 1 aromatic carbocycles. The van der Waals surface area contributed by atoms with Crippen LogP contribution in [0.3, 0.4) is 0 Å². The fraction of sp³-hybridized carbons (Fsp3) is 0.625. The Morgan fingerprint density at radius 2 is 2.15 bits per heavy atom. The maximum Gasteiger partial charge on any atom is 0.0951 e. The fourth-order valence-corrected chi connectivity index (χ4v) is 3.82. The topological polar surface area (TPSA) is 30.5 Å². The van der Waals surface area contributed by atoms with Crippen LogP contribution in [0.4, 0.5) is 0 Å². The van der Waals surface area contributed by atoms with Gasteiger partial charge >= 0.3 is 0 Å². The van der Waals surface area contributed by atoms with E-state index < -0.39 is 0 Å². The molecule has 2 heterocycles. The number of hydrogen-bond donors (Lipinski definition) is 1. The molecule has 1 aromatic rings. The first kappa shape index (κ1) is 14.4. The van der Waals surface area contributed by atoms with Crippen LogP contribution in [-0.2, 0) is 9.47 Å². The Balaban J connectivity index is 1.38. The van der Waals surface area contributed by atoms with Crippen molar-refractivity contribution in [2.24, 2.45) is 0 Å². The van der Waals surface area contributed by atoms with E-state index in [4.69, 9.17) is 9.47 Å². The summed E-state index contributed by atoms with van der Waals surface area (Å²) in [5, 5.41) is 3.69. The lowest BCUT2D eigenvalue weighted by Crippen LogP contribution is -2.47. The van der Waals surface area contributed by atoms with E-state index in [-0.39, 0.29) is 5.60 Å². The van der Waals surface area contributed by atoms with Gasteiger partial charge in [0.15, 0.2) is 0 Å². The van der Waals surface area contributed by atoms with Crippen LogP contribution in [-0.4, -0.2) is 43.8 Å². The molecule has 2 fully saturated rings. The second kappa shape index (κ2) is 6.94. The van der Waals surface area contributed by atoms with Crippen LogP contribution in [0.2, 0.25) is 0 Å². The molecule has 2 atom stereocenters. The standard InChI is InChI=1S/C16H23NO2S/c1-2-4-15(5-3-1)20-11-8-17-14-6-9-19-16(12-14)7-10-18-13-16/h1-5,14,17H,6-13H2. The minimum atomic E-state index is 0.0164. The van der Waals surface area contributed by atoms with Crippen LogP contribution in [0.25, 0.3) is 0 Å². The summed E-state index contributed by atoms with van der Waals surface area (Å²) in [5.74, 6) is 1.12. The molecule has 3 nitrogen and oxygen atoms in total. The van der Waals surface area contributed by atoms with Crippen molar-refractivity contribution in [1.29, 1.82) is 0 Å². The molecule has 20 heavy (non-hydrogen) atoms. The molecule has 0 bridgehead atoms. The van der Waals surface area contributed by atoms with E-state index >= 15 is 0 Å². The number of nitrogens with one attached hydrogen (secondary N) is 1. The molecule has 2 saturated heterocycles. The normalized spacial score (nSPS) is 29.9. The highest BCUT2D eigenvalue weighted by atomic mass is 32.2. The Bertz CT molecular complexity index is 406. The molecule has 0 amide bonds. The lowest BCUT2D eigenvalue weighted by Gasteiger charge is -2.37. The van der Waals surface area contributed by atoms with Crippen molar-refractivity contribution in [3.8, 4) is 0 Å². The summed E-state index contributed by atoms with van der Waals surface area (Å²) >= 11 is 1.91. The second-order valence-electron chi connectivity index (χ2n) is 5.64. The maximum absolute atomic E-state index is 5.96. The van der Waals surface area contributed by atoms with Gasteiger partial charge in [0.05, 0.1) is 12.2 Å². The number of benzene rings is 1. The lowest BCUT2D eigenvalue weighted by molar-refractivity contribution is -0.0890. The van der Waals surface area contributed by atoms with Gasteiger partial charge in [-0.15, -0.1) is 11.8 Å². The summed E-state index contributed by atoms with van der Waals surface area (Å²) < 4.78 is 11.5. The summed E-state index contributed by atoms with van der Waals surface area (Å²) in [7, 11) is 0. The average Bonchev–Trinajstić information content (AvgIpc) is 2.93. The molecule has 0 aliphatic carbocycles. The highest BCUT2D eigenvalue weighted by Crippen LogP contribution is 2.32. The van der Waals surface area contributed by atoms with Crippen LogP contribution in [0.1, 0.15) is 19.3 Å². The van der Waals surface area contributed by atoms with Gasteiger partial charge in [0.1, 0.15) is 0 Å². The van der Waals surface area contributed by atoms with E-state index in [0.29, 0.717) is 6.04 Å². The van der Waals surface area contributed by atoms with Gasteiger partial charge in [-0.25, -0.2) is 0 Å². The third-order valence-electron chi connectivity index (χ3n) is 4.11. The first-order valence-corrected chi connectivity index (χ1v) is 8.48. The second-order valence-corrected chi connectivity index (χ2v) is 6.81. The van der Waals surface area contributed by atoms with Gasteiger partial charge < -0.3 is 14.8 Å². The number of thioether (sulfide) groups is 1. The zero-order valence-electron chi connectivity index (χ0n) is 11.8. The predicted octanol–water partition coefficient (Wildman–Crippen LogP) is 2.71. The first-order valence-electron chi connectivity index (χ1n) is 7.49. The lowest BCUT2D eigenvalue weighted by atomic mass is 9.90. The third-order valence-corrected chi connectivity index (χ3v) is 5.12. The van der Waals surface area contributed by atoms with Gasteiger partial charge in [-0.1, -0.05) is 18.2 Å². The molecule has 3 rings (SSSR count). The van der Waals surface area contributed by atoms with E-state index in [2.05, 4.69) is 35.6 Å². The Hall–Kier alpha value is -0.550. The quantitative estimate of drug-likeness (QED) is 0.668. The molecular weight excluding hydrogens is 270 g/mol. The molecule has 2 aliphatic heterocycles. The Labute approximate surface area is 125 Å². The van der Waals surface area contributed by atoms with E-state index in [1.807, 2.05) is 11.8 Å². The van der Waals surface area contributed by atoms with Crippen molar-refractivity contribution >= 4 is 11.8 Å². The van der Waals surface area contributed by atoms with Crippen molar-refractivity contribution < 1.29 is 9.47 Å². The molecule has 4 heteroatoms. The Morgan fingerprint density at radius 3 is 2.95 bits per heavy atom. The van der Waals surface area contributed by atoms with Crippen molar-refractivity contribution in [3.63, 3.8) is 0 Å². The zero-order valence-corrected chi connectivity index (χ0v) is 12.7. The number of rotatable bonds is 5. The molecule has 110 valence electrons. The fourth-order valence-electron chi connectivity index (χ4n) is 3.01. The number of hydrogen-bond acceptors (Lipinski definition) is 4. The summed E-state index contributed by atoms with van der Waals surface area (Å²) in [6, 6.07) is 11.2. The minimum Gasteiger partial charge on any atom is -0.378 e. The largest absolute Gasteiger partial charge is 0.378 e. The van der Waals surface area contributed by atoms with E-state index in [0.717, 1.165) is 51.4 Å². The molecule has 1 N–H and O–H groups in total. The van der Waals surface area contributed by atoms with Gasteiger partial charge in [-0.2, -0.15) is 0 Å². The highest BCUT2D eigenvalue weighted by Gasteiger charge is 2.40. The summed E-state index contributed by atoms with van der Waals surface area (Å²) in [6.07, 6.45) is 3.28. The Kier molecular flexibility index (Phi) is 4.99. The maximum atomic E-state index is 5.96. The van der Waals surface area contributed by atoms with E-state index in [9.17, 15) is 0 Å². The van der Waals surface area contributed by atoms with Gasteiger partial charge in [0.25, 0.3) is 0 Å². The molecular formula is C16H23NO2S. The van der Waals surface area contributed by atoms with Crippen molar-refractivity contribution in [2.75, 3.05) is 32.1 Å². The predicted molar refractivity (Wildman–Crippen MR) is 82.3 cm³/mol. The molecule has 0 aromatic heterocycles. The van der Waals surface area contributed by atoms with Gasteiger partial charge in [0, 0.05) is 42.9 Å². The SMILES string of the molecule is c1ccc(SCCNC2CCOC3(CCOC3)C2)cc1. The molecule has 2 aliphatic rings. The van der Waals surface area contributed by atoms with Gasteiger partial charge in [0.2, 0.25) is 0 Å². The van der Waals surface area contributed by atoms with Crippen LogP contribution in [0, 0.1) is 0 Å². The summed E-state index contributed by atoms with van der Waals surface area (Å²) in [6.45, 7) is 3.56. The Morgan fingerprint density at radius 1 is 1.25 bits per heavy atom. The minimum absolute atomic E-state index is 0.0164. The van der Waals surface area contributed by atoms with Gasteiger partial charge in [-0.3, -0.25) is 0 Å². The van der Waals surface area contributed by atoms with Crippen LogP contribution in [0.15, 0.2) is 35.2 Å². The van der Waals surface area contributed by atoms with Crippen molar-refractivity contribution in [1.82, 2.24) is 5.32 Å². The average molecular weight is 293 g/mol. The molecule has 1 spiro atoms. The number of ether oxygens (including phenoxy) is 2. The summed E-state index contributed by atoms with van der Waals surface area (Å²) in [4.78, 5) is 1.35. The molecule has 0 radical (unpaired) electrons. The van der Waals surface area contributed by atoms with E-state index in [1.165, 1.54) is 4.90 Å². The summed E-state index contributed by atoms with van der Waals surface area (Å²) in [5.41, 5.74) is 0.0164. The van der Waals surface area contributed by atoms with Gasteiger partial charge in [-0.05, 0) is 25.0 Å². The van der Waals surface area contributed by atoms with Crippen LogP contribution in [0.5, 0.6) is 0 Å².